The summed E-state index contributed by atoms with van der Waals surface area (Å²) in [6.07, 6.45) is 2.11. The number of aryl methyl sites for hydroxylation is 3. The second-order valence-corrected chi connectivity index (χ2v) is 9.14. The van der Waals surface area contributed by atoms with E-state index in [0.29, 0.717) is 16.1 Å². The highest BCUT2D eigenvalue weighted by Gasteiger charge is 2.18. The smallest absolute Gasteiger partial charge is 0.253 e. The molecule has 32 heavy (non-hydrogen) atoms. The number of H-pyrrole nitrogens is 1. The van der Waals surface area contributed by atoms with Crippen LogP contribution in [0.25, 0.3) is 27.9 Å². The molecule has 0 aliphatic heterocycles. The number of benzene rings is 1. The Morgan fingerprint density at radius 3 is 2.81 bits per heavy atom. The quantitative estimate of drug-likeness (QED) is 0.371. The Bertz CT molecular complexity index is 1480. The van der Waals surface area contributed by atoms with Crippen molar-refractivity contribution in [2.45, 2.75) is 32.3 Å². The number of anilines is 1. The van der Waals surface area contributed by atoms with Crippen LogP contribution in [0.4, 0.5) is 5.13 Å². The van der Waals surface area contributed by atoms with Gasteiger partial charge >= 0.3 is 0 Å². The minimum Gasteiger partial charge on any atom is -0.358 e. The molecule has 0 radical (unpaired) electrons. The van der Waals surface area contributed by atoms with Crippen molar-refractivity contribution in [3.8, 4) is 11.3 Å². The highest BCUT2D eigenvalue weighted by atomic mass is 32.2. The number of nitrogens with zero attached hydrogens (tertiary/aromatic N) is 5. The predicted molar refractivity (Wildman–Crippen MR) is 129 cm³/mol. The number of carbonyl (C=O) groups is 1. The van der Waals surface area contributed by atoms with E-state index in [1.165, 1.54) is 23.1 Å². The largest absolute Gasteiger partial charge is 0.358 e. The van der Waals surface area contributed by atoms with Gasteiger partial charge in [-0.25, -0.2) is 14.5 Å². The highest BCUT2D eigenvalue weighted by Crippen LogP contribution is 2.34. The summed E-state index contributed by atoms with van der Waals surface area (Å²) < 4.78 is 1.70. The third-order valence-electron chi connectivity index (χ3n) is 5.45. The molecule has 0 bridgehead atoms. The van der Waals surface area contributed by atoms with Gasteiger partial charge in [0.1, 0.15) is 0 Å². The Kier molecular flexibility index (Phi) is 5.18. The van der Waals surface area contributed by atoms with Crippen molar-refractivity contribution in [3.05, 3.63) is 52.3 Å². The lowest BCUT2D eigenvalue weighted by molar-refractivity contribution is -0.115. The van der Waals surface area contributed by atoms with Gasteiger partial charge in [-0.15, -0.1) is 16.4 Å². The summed E-state index contributed by atoms with van der Waals surface area (Å²) >= 11 is 2.88. The summed E-state index contributed by atoms with van der Waals surface area (Å²) in [6, 6.07) is 8.15. The van der Waals surface area contributed by atoms with Crippen molar-refractivity contribution in [3.63, 3.8) is 0 Å². The predicted octanol–water partition coefficient (Wildman–Crippen LogP) is 4.56. The van der Waals surface area contributed by atoms with E-state index in [9.17, 15) is 4.79 Å². The molecule has 0 unspecified atom stereocenters. The van der Waals surface area contributed by atoms with Gasteiger partial charge < -0.3 is 10.3 Å². The van der Waals surface area contributed by atoms with Gasteiger partial charge in [0, 0.05) is 44.5 Å². The molecule has 0 spiro atoms. The summed E-state index contributed by atoms with van der Waals surface area (Å²) in [6.45, 7) is 5.86. The summed E-state index contributed by atoms with van der Waals surface area (Å²) in [5.74, 6) is 0.409. The number of carbonyl (C=O) groups excluding carboxylic acids is 1. The number of thiazole rings is 1. The van der Waals surface area contributed by atoms with Crippen LogP contribution in [0.15, 0.2) is 34.8 Å². The van der Waals surface area contributed by atoms with Crippen LogP contribution in [0.3, 0.4) is 0 Å². The lowest BCUT2D eigenvalue weighted by Crippen LogP contribution is -2.17. The maximum Gasteiger partial charge on any atom is 0.253 e. The van der Waals surface area contributed by atoms with Crippen molar-refractivity contribution in [1.29, 1.82) is 0 Å². The van der Waals surface area contributed by atoms with E-state index in [2.05, 4.69) is 36.4 Å². The summed E-state index contributed by atoms with van der Waals surface area (Å²) in [7, 11) is 0. The molecule has 0 saturated carbocycles. The molecule has 4 aromatic heterocycles. The fraction of sp³-hybridized carbons (Fsp3) is 0.227. The van der Waals surface area contributed by atoms with E-state index >= 15 is 0 Å². The number of aromatic amines is 1. The summed E-state index contributed by atoms with van der Waals surface area (Å²) in [4.78, 5) is 29.8. The van der Waals surface area contributed by atoms with E-state index in [4.69, 9.17) is 0 Å². The second kappa shape index (κ2) is 8.03. The fourth-order valence-electron chi connectivity index (χ4n) is 3.91. The van der Waals surface area contributed by atoms with Crippen LogP contribution in [0.2, 0.25) is 0 Å². The third kappa shape index (κ3) is 3.55. The van der Waals surface area contributed by atoms with Crippen LogP contribution in [0.1, 0.15) is 22.6 Å². The van der Waals surface area contributed by atoms with Crippen molar-refractivity contribution >= 4 is 50.8 Å². The van der Waals surface area contributed by atoms with Gasteiger partial charge in [0.25, 0.3) is 5.78 Å². The van der Waals surface area contributed by atoms with Crippen LogP contribution in [0, 0.1) is 20.8 Å². The molecule has 8 nitrogen and oxygen atoms in total. The first-order valence-corrected chi connectivity index (χ1v) is 12.1. The van der Waals surface area contributed by atoms with Gasteiger partial charge in [0.2, 0.25) is 11.1 Å². The van der Waals surface area contributed by atoms with Gasteiger partial charge in [0.15, 0.2) is 5.13 Å². The summed E-state index contributed by atoms with van der Waals surface area (Å²) in [5.41, 5.74) is 6.53. The van der Waals surface area contributed by atoms with Gasteiger partial charge in [0.05, 0.1) is 12.1 Å². The van der Waals surface area contributed by atoms with E-state index < -0.39 is 0 Å². The van der Waals surface area contributed by atoms with E-state index in [1.54, 1.807) is 4.52 Å². The van der Waals surface area contributed by atoms with E-state index in [-0.39, 0.29) is 12.3 Å². The van der Waals surface area contributed by atoms with Crippen molar-refractivity contribution < 1.29 is 4.79 Å². The number of rotatable bonds is 5. The Morgan fingerprint density at radius 2 is 2.00 bits per heavy atom. The maximum absolute atomic E-state index is 12.8. The number of fused-ring (bicyclic) bond motifs is 2. The molecule has 5 rings (SSSR count). The molecule has 162 valence electrons. The van der Waals surface area contributed by atoms with Gasteiger partial charge in [-0.3, -0.25) is 4.79 Å². The monoisotopic (exact) mass is 463 g/mol. The summed E-state index contributed by atoms with van der Waals surface area (Å²) in [5, 5.41) is 11.7. The normalized spacial score (nSPS) is 11.5. The lowest BCUT2D eigenvalue weighted by atomic mass is 10.1. The highest BCUT2D eigenvalue weighted by molar-refractivity contribution is 7.98. The zero-order valence-corrected chi connectivity index (χ0v) is 19.7. The molecule has 1 aromatic carbocycles. The molecule has 0 atom stereocenters. The Balaban J connectivity index is 1.39. The number of hydrogen-bond donors (Lipinski definition) is 2. The first-order valence-electron chi connectivity index (χ1n) is 10.0. The molecular weight excluding hydrogens is 442 g/mol. The third-order valence-corrected chi connectivity index (χ3v) is 6.75. The Morgan fingerprint density at radius 1 is 1.19 bits per heavy atom. The molecule has 0 aliphatic carbocycles. The number of amides is 1. The van der Waals surface area contributed by atoms with Gasteiger partial charge in [-0.1, -0.05) is 30.0 Å². The van der Waals surface area contributed by atoms with Gasteiger partial charge in [-0.05, 0) is 33.1 Å². The van der Waals surface area contributed by atoms with E-state index in [1.807, 2.05) is 50.6 Å². The fourth-order valence-corrected chi connectivity index (χ4v) is 4.96. The van der Waals surface area contributed by atoms with Crippen LogP contribution >= 0.6 is 23.1 Å². The average molecular weight is 464 g/mol. The standard InChI is InChI=1S/C22H21N7OS2/c1-11-15(13(3)29-20(24-11)27-22(28-29)31-4)9-18(30)26-21-25-17(10-32-21)19-12(2)23-16-8-6-5-7-14(16)19/h5-8,10,23H,9H2,1-4H3,(H,25,26,30). The minimum atomic E-state index is -0.140. The van der Waals surface area contributed by atoms with Crippen molar-refractivity contribution in [1.82, 2.24) is 29.5 Å². The average Bonchev–Trinajstić information content (AvgIpc) is 3.47. The van der Waals surface area contributed by atoms with Crippen molar-refractivity contribution in [2.75, 3.05) is 11.6 Å². The van der Waals surface area contributed by atoms with Crippen LogP contribution in [0.5, 0.6) is 0 Å². The Hall–Kier alpha value is -3.24. The van der Waals surface area contributed by atoms with Crippen molar-refractivity contribution in [2.24, 2.45) is 0 Å². The zero-order chi connectivity index (χ0) is 22.4. The first kappa shape index (κ1) is 20.7. The number of hydrogen-bond acceptors (Lipinski definition) is 7. The SMILES string of the molecule is CSc1nc2nc(C)c(CC(=O)Nc3nc(-c4c(C)[nH]c5ccccc45)cs3)c(C)n2n1. The lowest BCUT2D eigenvalue weighted by Gasteiger charge is -2.09. The second-order valence-electron chi connectivity index (χ2n) is 7.50. The molecule has 5 aromatic rings. The zero-order valence-electron chi connectivity index (χ0n) is 18.1. The van der Waals surface area contributed by atoms with Gasteiger partial charge in [-0.2, -0.15) is 4.98 Å². The Labute approximate surface area is 192 Å². The number of para-hydroxylation sites is 1. The molecule has 4 heterocycles. The molecule has 0 aliphatic rings. The number of aromatic nitrogens is 6. The molecule has 0 saturated heterocycles. The van der Waals surface area contributed by atoms with E-state index in [0.717, 1.165) is 44.8 Å². The molecule has 2 N–H and O–H groups in total. The van der Waals surface area contributed by atoms with Crippen LogP contribution in [-0.2, 0) is 11.2 Å². The minimum absolute atomic E-state index is 0.140. The number of thioether (sulfide) groups is 1. The molecule has 10 heteroatoms. The molecular formula is C22H21N7OS2. The molecule has 0 fully saturated rings. The topological polar surface area (TPSA) is 101 Å². The number of nitrogens with one attached hydrogen (secondary N) is 2. The maximum atomic E-state index is 12.8. The molecule has 1 amide bonds. The van der Waals surface area contributed by atoms with Crippen LogP contribution < -0.4 is 5.32 Å². The first-order chi connectivity index (χ1) is 15.4. The van der Waals surface area contributed by atoms with Crippen LogP contribution in [-0.4, -0.2) is 41.7 Å².